The van der Waals surface area contributed by atoms with Gasteiger partial charge >= 0.3 is 0 Å². The molecule has 0 aromatic carbocycles. The Hall–Kier alpha value is -1.34. The molecule has 132 valence electrons. The van der Waals surface area contributed by atoms with E-state index in [1.165, 1.54) is 22.9 Å². The molecule has 0 aromatic rings. The lowest BCUT2D eigenvalue weighted by molar-refractivity contribution is -0.127. The van der Waals surface area contributed by atoms with E-state index >= 15 is 0 Å². The van der Waals surface area contributed by atoms with Crippen molar-refractivity contribution in [2.75, 3.05) is 5.75 Å². The second-order valence-corrected chi connectivity index (χ2v) is 9.28. The minimum Gasteiger partial charge on any atom is -0.299 e. The predicted molar refractivity (Wildman–Crippen MR) is 98.7 cm³/mol. The molecule has 0 spiro atoms. The quantitative estimate of drug-likeness (QED) is 0.422. The molecule has 4 aliphatic rings. The zero-order chi connectivity index (χ0) is 17.7. The molecular weight excluding hydrogens is 330 g/mol. The molecule has 0 amide bonds. The molecule has 0 radical (unpaired) electrons. The van der Waals surface area contributed by atoms with E-state index < -0.39 is 0 Å². The normalized spacial score (nSPS) is 39.7. The number of hydrogen-bond acceptors (Lipinski definition) is 4. The summed E-state index contributed by atoms with van der Waals surface area (Å²) in [6, 6.07) is 0. The summed E-state index contributed by atoms with van der Waals surface area (Å²) in [5, 5.41) is 11.1. The molecule has 2 saturated carbocycles. The Bertz CT molecular complexity index is 731. The summed E-state index contributed by atoms with van der Waals surface area (Å²) in [5.74, 6) is 2.48. The number of ketones is 2. The van der Waals surface area contributed by atoms with E-state index in [9.17, 15) is 9.59 Å². The number of hydrogen-bond donors (Lipinski definition) is 0. The highest BCUT2D eigenvalue weighted by molar-refractivity contribution is 8.03. The number of rotatable bonds is 3. The van der Waals surface area contributed by atoms with Crippen LogP contribution in [0.2, 0.25) is 0 Å². The van der Waals surface area contributed by atoms with Gasteiger partial charge in [-0.1, -0.05) is 24.1 Å². The van der Waals surface area contributed by atoms with Crippen LogP contribution in [0.15, 0.2) is 23.3 Å². The molecule has 2 fully saturated rings. The summed E-state index contributed by atoms with van der Waals surface area (Å²) in [5.41, 5.74) is 2.63. The number of nitrogens with zero attached hydrogens (tertiary/aromatic N) is 1. The van der Waals surface area contributed by atoms with Crippen molar-refractivity contribution < 1.29 is 9.59 Å². The average molecular weight is 356 g/mol. The van der Waals surface area contributed by atoms with Crippen molar-refractivity contribution in [1.82, 2.24) is 0 Å². The summed E-state index contributed by atoms with van der Waals surface area (Å²) in [6.07, 6.45) is 11.4. The third-order valence-corrected chi connectivity index (χ3v) is 8.03. The van der Waals surface area contributed by atoms with Crippen molar-refractivity contribution in [1.29, 1.82) is 5.26 Å². The largest absolute Gasteiger partial charge is 0.299 e. The third kappa shape index (κ3) is 2.46. The van der Waals surface area contributed by atoms with Gasteiger partial charge in [0, 0.05) is 29.4 Å². The van der Waals surface area contributed by atoms with E-state index in [4.69, 9.17) is 5.26 Å². The molecule has 0 aromatic heterocycles. The van der Waals surface area contributed by atoms with Crippen LogP contribution < -0.4 is 0 Å². The predicted octanol–water partition coefficient (Wildman–Crippen LogP) is 4.59. The lowest BCUT2D eigenvalue weighted by atomic mass is 9.50. The Balaban J connectivity index is 1.75. The first-order chi connectivity index (χ1) is 12.0. The summed E-state index contributed by atoms with van der Waals surface area (Å²) in [7, 11) is 0. The van der Waals surface area contributed by atoms with Crippen LogP contribution >= 0.6 is 11.8 Å². The highest BCUT2D eigenvalue weighted by atomic mass is 32.2. The minimum absolute atomic E-state index is 0.0202. The fourth-order valence-electron chi connectivity index (χ4n) is 6.16. The first-order valence-electron chi connectivity index (χ1n) is 9.50. The molecule has 3 nitrogen and oxygen atoms in total. The molecule has 4 atom stereocenters. The molecule has 0 unspecified atom stereocenters. The molecule has 0 saturated heterocycles. The first kappa shape index (κ1) is 17.1. The van der Waals surface area contributed by atoms with Crippen LogP contribution in [0.4, 0.5) is 0 Å². The highest BCUT2D eigenvalue weighted by Gasteiger charge is 2.56. The van der Waals surface area contributed by atoms with Crippen molar-refractivity contribution in [3.05, 3.63) is 23.3 Å². The van der Waals surface area contributed by atoms with Crippen LogP contribution in [-0.2, 0) is 9.59 Å². The molecule has 0 aliphatic heterocycles. The lowest BCUT2D eigenvalue weighted by Crippen LogP contribution is -2.45. The molecule has 4 rings (SSSR count). The van der Waals surface area contributed by atoms with Crippen molar-refractivity contribution in [3.63, 3.8) is 0 Å². The molecule has 0 N–H and O–H groups in total. The van der Waals surface area contributed by atoms with E-state index in [0.717, 1.165) is 50.7 Å². The van der Waals surface area contributed by atoms with Crippen LogP contribution in [0.25, 0.3) is 0 Å². The maximum absolute atomic E-state index is 12.5. The molecule has 0 bridgehead atoms. The fraction of sp³-hybridized carbons (Fsp3) is 0.667. The Morgan fingerprint density at radius 1 is 1.28 bits per heavy atom. The summed E-state index contributed by atoms with van der Waals surface area (Å²) in [6.45, 7) is 2.17. The van der Waals surface area contributed by atoms with Gasteiger partial charge in [-0.25, -0.2) is 0 Å². The summed E-state index contributed by atoms with van der Waals surface area (Å²) >= 11 is 1.32. The molecule has 0 heterocycles. The Morgan fingerprint density at radius 3 is 2.92 bits per heavy atom. The van der Waals surface area contributed by atoms with Gasteiger partial charge in [-0.3, -0.25) is 9.59 Å². The SMILES string of the molecule is C[C@]12CC=C3[C@@H](CCC4=CC(=O)CC[C@@]43CCSC#N)[C@@H]1CCC2=O. The zero-order valence-electron chi connectivity index (χ0n) is 14.8. The Kier molecular flexibility index (Phi) is 4.19. The van der Waals surface area contributed by atoms with Crippen LogP contribution in [0.5, 0.6) is 0 Å². The fourth-order valence-corrected chi connectivity index (χ4v) is 6.70. The van der Waals surface area contributed by atoms with Gasteiger partial charge in [0.25, 0.3) is 0 Å². The van der Waals surface area contributed by atoms with Crippen LogP contribution in [0.3, 0.4) is 0 Å². The average Bonchev–Trinajstić information content (AvgIpc) is 2.91. The van der Waals surface area contributed by atoms with E-state index in [0.29, 0.717) is 24.0 Å². The Labute approximate surface area is 153 Å². The lowest BCUT2D eigenvalue weighted by Gasteiger charge is -2.53. The van der Waals surface area contributed by atoms with Crippen LogP contribution in [0.1, 0.15) is 58.3 Å². The maximum atomic E-state index is 12.5. The van der Waals surface area contributed by atoms with Gasteiger partial charge in [0.15, 0.2) is 5.78 Å². The molecule has 4 heteroatoms. The number of allylic oxidation sites excluding steroid dienone is 4. The first-order valence-corrected chi connectivity index (χ1v) is 10.5. The maximum Gasteiger partial charge on any atom is 0.155 e. The van der Waals surface area contributed by atoms with Gasteiger partial charge in [-0.05, 0) is 68.2 Å². The number of thiocyanates is 1. The molecule has 4 aliphatic carbocycles. The standard InChI is InChI=1S/C21H25NO2S/c1-20-8-7-18-16(17(20)4-5-19(20)24)3-2-14-12-15(23)6-9-21(14,18)10-11-25-13-22/h7,12,16-17H,2-6,8-11H2,1H3/t16-,17-,20-,21+/m0/s1. The summed E-state index contributed by atoms with van der Waals surface area (Å²) < 4.78 is 0. The van der Waals surface area contributed by atoms with Crippen molar-refractivity contribution >= 4 is 23.3 Å². The van der Waals surface area contributed by atoms with Gasteiger partial charge in [0.05, 0.1) is 0 Å². The van der Waals surface area contributed by atoms with Gasteiger partial charge < -0.3 is 0 Å². The van der Waals surface area contributed by atoms with Gasteiger partial charge in [0.1, 0.15) is 11.2 Å². The van der Waals surface area contributed by atoms with Crippen molar-refractivity contribution in [2.45, 2.75) is 58.3 Å². The smallest absolute Gasteiger partial charge is 0.155 e. The van der Waals surface area contributed by atoms with E-state index in [1.807, 2.05) is 6.08 Å². The van der Waals surface area contributed by atoms with Crippen molar-refractivity contribution in [3.8, 4) is 5.40 Å². The molecular formula is C21H25NO2S. The van der Waals surface area contributed by atoms with Gasteiger partial charge in [0.2, 0.25) is 0 Å². The number of carbonyl (C=O) groups is 2. The highest BCUT2D eigenvalue weighted by Crippen LogP contribution is 2.63. The second kappa shape index (κ2) is 6.13. The van der Waals surface area contributed by atoms with E-state index in [-0.39, 0.29) is 16.6 Å². The number of fused-ring (bicyclic) bond motifs is 5. The number of nitriles is 1. The number of thioether (sulfide) groups is 1. The topological polar surface area (TPSA) is 57.9 Å². The van der Waals surface area contributed by atoms with Gasteiger partial charge in [-0.15, -0.1) is 0 Å². The number of carbonyl (C=O) groups excluding carboxylic acids is 2. The Morgan fingerprint density at radius 2 is 2.12 bits per heavy atom. The monoisotopic (exact) mass is 355 g/mol. The second-order valence-electron chi connectivity index (χ2n) is 8.40. The van der Waals surface area contributed by atoms with Crippen LogP contribution in [0, 0.1) is 33.3 Å². The van der Waals surface area contributed by atoms with Crippen molar-refractivity contribution in [2.24, 2.45) is 22.7 Å². The van der Waals surface area contributed by atoms with Crippen LogP contribution in [-0.4, -0.2) is 17.3 Å². The number of Topliss-reactive ketones (excluding diaryl/α,β-unsaturated/α-hetero) is 1. The van der Waals surface area contributed by atoms with Gasteiger partial charge in [-0.2, -0.15) is 5.26 Å². The minimum atomic E-state index is -0.164. The third-order valence-electron chi connectivity index (χ3n) is 7.49. The summed E-state index contributed by atoms with van der Waals surface area (Å²) in [4.78, 5) is 24.5. The zero-order valence-corrected chi connectivity index (χ0v) is 15.7. The van der Waals surface area contributed by atoms with E-state index in [1.54, 1.807) is 0 Å². The van der Waals surface area contributed by atoms with E-state index in [2.05, 4.69) is 18.4 Å². The molecule has 25 heavy (non-hydrogen) atoms.